The van der Waals surface area contributed by atoms with E-state index in [1.165, 1.54) is 11.8 Å². The van der Waals surface area contributed by atoms with Crippen molar-refractivity contribution >= 4 is 39.8 Å². The van der Waals surface area contributed by atoms with Crippen molar-refractivity contribution in [1.29, 1.82) is 0 Å². The summed E-state index contributed by atoms with van der Waals surface area (Å²) in [6.45, 7) is 0.490. The normalized spacial score (nSPS) is 15.8. The Balaban J connectivity index is 1.54. The van der Waals surface area contributed by atoms with Crippen LogP contribution in [0.25, 0.3) is 10.8 Å². The molecule has 5 nitrogen and oxygen atoms in total. The molecule has 1 heterocycles. The minimum Gasteiger partial charge on any atom is -0.497 e. The molecule has 0 N–H and O–H groups in total. The quantitative estimate of drug-likeness (QED) is 0.483. The highest BCUT2D eigenvalue weighted by Crippen LogP contribution is 2.25. The molecular formula is C22H19N3O2S. The lowest BCUT2D eigenvalue weighted by molar-refractivity contribution is -0.124. The maximum Gasteiger partial charge on any atom is 0.239 e. The lowest BCUT2D eigenvalue weighted by Crippen LogP contribution is -2.28. The molecule has 1 aliphatic rings. The van der Waals surface area contributed by atoms with Crippen LogP contribution in [0.15, 0.2) is 76.9 Å². The standard InChI is InChI=1S/C22H19N3O2S/c1-27-19-11-9-16(10-12-19)13-23-24-22-25(21(26)15-28-22)14-18-7-4-6-17-5-2-3-8-20(17)18/h2-13H,14-15H2,1H3. The van der Waals surface area contributed by atoms with Gasteiger partial charge < -0.3 is 4.74 Å². The van der Waals surface area contributed by atoms with Crippen molar-refractivity contribution in [3.63, 3.8) is 0 Å². The van der Waals surface area contributed by atoms with E-state index in [9.17, 15) is 4.79 Å². The van der Waals surface area contributed by atoms with Gasteiger partial charge >= 0.3 is 0 Å². The van der Waals surface area contributed by atoms with E-state index in [1.807, 2.05) is 42.5 Å². The molecule has 0 unspecified atom stereocenters. The summed E-state index contributed by atoms with van der Waals surface area (Å²) in [6.07, 6.45) is 1.67. The van der Waals surface area contributed by atoms with Gasteiger partial charge in [-0.15, -0.1) is 5.10 Å². The van der Waals surface area contributed by atoms with Crippen molar-refractivity contribution in [3.05, 3.63) is 77.9 Å². The lowest BCUT2D eigenvalue weighted by atomic mass is 10.0. The molecule has 1 saturated heterocycles. The molecule has 1 amide bonds. The Morgan fingerprint density at radius 1 is 1.07 bits per heavy atom. The predicted molar refractivity (Wildman–Crippen MR) is 115 cm³/mol. The van der Waals surface area contributed by atoms with Crippen LogP contribution in [-0.2, 0) is 11.3 Å². The van der Waals surface area contributed by atoms with Gasteiger partial charge in [0.25, 0.3) is 0 Å². The fraction of sp³-hybridized carbons (Fsp3) is 0.136. The van der Waals surface area contributed by atoms with Gasteiger partial charge in [-0.25, -0.2) is 0 Å². The number of fused-ring (bicyclic) bond motifs is 1. The Bertz CT molecular complexity index is 1060. The van der Waals surface area contributed by atoms with Crippen molar-refractivity contribution in [1.82, 2.24) is 4.90 Å². The Labute approximate surface area is 167 Å². The van der Waals surface area contributed by atoms with Crippen molar-refractivity contribution < 1.29 is 9.53 Å². The number of nitrogens with zero attached hydrogens (tertiary/aromatic N) is 3. The highest BCUT2D eigenvalue weighted by Gasteiger charge is 2.28. The second-order valence-corrected chi connectivity index (χ2v) is 7.25. The molecule has 3 aromatic carbocycles. The van der Waals surface area contributed by atoms with E-state index >= 15 is 0 Å². The number of benzene rings is 3. The minimum absolute atomic E-state index is 0.0522. The zero-order valence-electron chi connectivity index (χ0n) is 15.4. The van der Waals surface area contributed by atoms with E-state index in [0.717, 1.165) is 27.6 Å². The molecule has 0 saturated carbocycles. The van der Waals surface area contributed by atoms with Crippen molar-refractivity contribution in [2.45, 2.75) is 6.54 Å². The number of amides is 1. The SMILES string of the molecule is COc1ccc(C=NN=C2SCC(=O)N2Cc2cccc3ccccc23)cc1. The van der Waals surface area contributed by atoms with Crippen molar-refractivity contribution in [2.24, 2.45) is 10.2 Å². The van der Waals surface area contributed by atoms with Gasteiger partial charge in [0, 0.05) is 0 Å². The van der Waals surface area contributed by atoms with Crippen LogP contribution < -0.4 is 4.74 Å². The van der Waals surface area contributed by atoms with E-state index < -0.39 is 0 Å². The number of thioether (sulfide) groups is 1. The second-order valence-electron chi connectivity index (χ2n) is 6.31. The molecule has 4 rings (SSSR count). The van der Waals surface area contributed by atoms with Crippen LogP contribution in [0, 0.1) is 0 Å². The first-order valence-corrected chi connectivity index (χ1v) is 9.88. The monoisotopic (exact) mass is 389 g/mol. The molecule has 0 radical (unpaired) electrons. The Hall–Kier alpha value is -3.12. The number of methoxy groups -OCH3 is 1. The second kappa shape index (κ2) is 8.27. The van der Waals surface area contributed by atoms with Gasteiger partial charge in [0.15, 0.2) is 5.17 Å². The summed E-state index contributed by atoms with van der Waals surface area (Å²) in [7, 11) is 1.63. The molecule has 0 aromatic heterocycles. The molecule has 0 bridgehead atoms. The number of amidine groups is 1. The molecular weight excluding hydrogens is 370 g/mol. The van der Waals surface area contributed by atoms with Crippen LogP contribution in [0.4, 0.5) is 0 Å². The van der Waals surface area contributed by atoms with E-state index in [2.05, 4.69) is 34.5 Å². The fourth-order valence-electron chi connectivity index (χ4n) is 3.06. The van der Waals surface area contributed by atoms with Gasteiger partial charge in [0.05, 0.1) is 25.6 Å². The van der Waals surface area contributed by atoms with Crippen LogP contribution in [0.3, 0.4) is 0 Å². The van der Waals surface area contributed by atoms with Gasteiger partial charge in [0.2, 0.25) is 5.91 Å². The average molecular weight is 389 g/mol. The number of hydrogen-bond acceptors (Lipinski definition) is 5. The van der Waals surface area contributed by atoms with E-state index in [0.29, 0.717) is 17.5 Å². The summed E-state index contributed by atoms with van der Waals surface area (Å²) < 4.78 is 5.15. The summed E-state index contributed by atoms with van der Waals surface area (Å²) >= 11 is 1.42. The maximum atomic E-state index is 12.4. The Morgan fingerprint density at radius 3 is 2.68 bits per heavy atom. The molecule has 1 fully saturated rings. The summed E-state index contributed by atoms with van der Waals surface area (Å²) in [4.78, 5) is 14.1. The molecule has 0 aliphatic carbocycles. The molecule has 28 heavy (non-hydrogen) atoms. The van der Waals surface area contributed by atoms with Crippen LogP contribution in [0.2, 0.25) is 0 Å². The Kier molecular flexibility index (Phi) is 5.39. The number of carbonyl (C=O) groups excluding carboxylic acids is 1. The first-order valence-electron chi connectivity index (χ1n) is 8.89. The molecule has 0 spiro atoms. The highest BCUT2D eigenvalue weighted by atomic mass is 32.2. The van der Waals surface area contributed by atoms with Crippen LogP contribution in [0.5, 0.6) is 5.75 Å². The summed E-state index contributed by atoms with van der Waals surface area (Å²) in [6, 6.07) is 21.9. The summed E-state index contributed by atoms with van der Waals surface area (Å²) in [5, 5.41) is 11.4. The third-order valence-corrected chi connectivity index (χ3v) is 5.48. The van der Waals surface area contributed by atoms with E-state index in [1.54, 1.807) is 18.2 Å². The third-order valence-electron chi connectivity index (χ3n) is 4.53. The maximum absolute atomic E-state index is 12.4. The minimum atomic E-state index is 0.0522. The average Bonchev–Trinajstić information content (AvgIpc) is 3.08. The van der Waals surface area contributed by atoms with Crippen LogP contribution in [-0.4, -0.2) is 35.1 Å². The predicted octanol–water partition coefficient (Wildman–Crippen LogP) is 4.31. The fourth-order valence-corrected chi connectivity index (χ4v) is 3.90. The Morgan fingerprint density at radius 2 is 1.86 bits per heavy atom. The van der Waals surface area contributed by atoms with E-state index in [-0.39, 0.29) is 5.91 Å². The number of rotatable bonds is 5. The molecule has 3 aromatic rings. The van der Waals surface area contributed by atoms with Gasteiger partial charge in [0.1, 0.15) is 5.75 Å². The van der Waals surface area contributed by atoms with Gasteiger partial charge in [-0.1, -0.05) is 54.2 Å². The van der Waals surface area contributed by atoms with Gasteiger partial charge in [-0.3, -0.25) is 9.69 Å². The number of carbonyl (C=O) groups is 1. The zero-order chi connectivity index (χ0) is 19.3. The van der Waals surface area contributed by atoms with Crippen LogP contribution >= 0.6 is 11.8 Å². The molecule has 0 atom stereocenters. The smallest absolute Gasteiger partial charge is 0.239 e. The lowest BCUT2D eigenvalue weighted by Gasteiger charge is -2.16. The number of ether oxygens (including phenoxy) is 1. The first kappa shape index (κ1) is 18.3. The topological polar surface area (TPSA) is 54.3 Å². The highest BCUT2D eigenvalue weighted by molar-refractivity contribution is 8.15. The van der Waals surface area contributed by atoms with Crippen molar-refractivity contribution in [2.75, 3.05) is 12.9 Å². The van der Waals surface area contributed by atoms with Gasteiger partial charge in [-0.05, 0) is 46.2 Å². The third kappa shape index (κ3) is 3.92. The van der Waals surface area contributed by atoms with Crippen molar-refractivity contribution in [3.8, 4) is 5.75 Å². The largest absolute Gasteiger partial charge is 0.497 e. The summed E-state index contributed by atoms with van der Waals surface area (Å²) in [5.74, 6) is 1.24. The van der Waals surface area contributed by atoms with Gasteiger partial charge in [-0.2, -0.15) is 5.10 Å². The number of hydrogen-bond donors (Lipinski definition) is 0. The van der Waals surface area contributed by atoms with Crippen LogP contribution in [0.1, 0.15) is 11.1 Å². The zero-order valence-corrected chi connectivity index (χ0v) is 16.2. The first-order chi connectivity index (χ1) is 13.7. The molecule has 6 heteroatoms. The molecule has 140 valence electrons. The molecule has 1 aliphatic heterocycles. The van der Waals surface area contributed by atoms with E-state index in [4.69, 9.17) is 4.74 Å². The summed E-state index contributed by atoms with van der Waals surface area (Å²) in [5.41, 5.74) is 2.01.